The lowest BCUT2D eigenvalue weighted by molar-refractivity contribution is 0.198. The molecule has 146 valence electrons. The van der Waals surface area contributed by atoms with Gasteiger partial charge >= 0.3 is 0 Å². The number of aliphatic hydroxyl groups excluding tert-OH is 1. The van der Waals surface area contributed by atoms with Crippen molar-refractivity contribution in [3.05, 3.63) is 53.6 Å². The number of piperazine rings is 1. The zero-order valence-corrected chi connectivity index (χ0v) is 16.1. The highest BCUT2D eigenvalue weighted by Crippen LogP contribution is 2.31. The third-order valence-electron chi connectivity index (χ3n) is 5.93. The van der Waals surface area contributed by atoms with Gasteiger partial charge in [0.2, 0.25) is 0 Å². The Hall–Kier alpha value is -2.64. The van der Waals surface area contributed by atoms with Crippen molar-refractivity contribution in [3.8, 4) is 5.75 Å². The van der Waals surface area contributed by atoms with Crippen molar-refractivity contribution in [1.82, 2.24) is 19.3 Å². The predicted octanol–water partition coefficient (Wildman–Crippen LogP) is 2.04. The molecule has 4 heterocycles. The molecule has 1 N–H and O–H groups in total. The monoisotopic (exact) mass is 379 g/mol. The van der Waals surface area contributed by atoms with Gasteiger partial charge in [0.15, 0.2) is 5.65 Å². The molecule has 1 saturated heterocycles. The molecule has 0 aliphatic carbocycles. The Labute approximate surface area is 164 Å². The van der Waals surface area contributed by atoms with Gasteiger partial charge in [-0.05, 0) is 24.1 Å². The Morgan fingerprint density at radius 1 is 1.18 bits per heavy atom. The van der Waals surface area contributed by atoms with E-state index >= 15 is 0 Å². The number of benzene rings is 1. The number of hydrogen-bond acceptors (Lipinski definition) is 6. The van der Waals surface area contributed by atoms with Crippen LogP contribution >= 0.6 is 0 Å². The van der Waals surface area contributed by atoms with Crippen LogP contribution in [0, 0.1) is 0 Å². The summed E-state index contributed by atoms with van der Waals surface area (Å²) in [7, 11) is 0. The molecule has 2 aliphatic heterocycles. The summed E-state index contributed by atoms with van der Waals surface area (Å²) >= 11 is 0. The Morgan fingerprint density at radius 2 is 2.04 bits per heavy atom. The molecule has 0 saturated carbocycles. The third kappa shape index (κ3) is 3.10. The molecule has 28 heavy (non-hydrogen) atoms. The van der Waals surface area contributed by atoms with Crippen LogP contribution < -0.4 is 9.64 Å². The highest BCUT2D eigenvalue weighted by atomic mass is 16.5. The summed E-state index contributed by atoms with van der Waals surface area (Å²) in [6.07, 6.45) is 6.65. The second-order valence-corrected chi connectivity index (χ2v) is 7.57. The quantitative estimate of drug-likeness (QED) is 0.748. The highest BCUT2D eigenvalue weighted by Gasteiger charge is 2.24. The fourth-order valence-electron chi connectivity index (χ4n) is 4.17. The molecule has 0 unspecified atom stereocenters. The summed E-state index contributed by atoms with van der Waals surface area (Å²) in [5.74, 6) is 2.01. The summed E-state index contributed by atoms with van der Waals surface area (Å²) in [6.45, 7) is 6.88. The number of hydrogen-bond donors (Lipinski definition) is 1. The Balaban J connectivity index is 1.27. The number of aromatic nitrogens is 3. The largest absolute Gasteiger partial charge is 0.493 e. The molecule has 7 nitrogen and oxygen atoms in total. The van der Waals surface area contributed by atoms with E-state index in [4.69, 9.17) is 4.74 Å². The van der Waals surface area contributed by atoms with Crippen LogP contribution in [-0.2, 0) is 13.0 Å². The van der Waals surface area contributed by atoms with E-state index in [1.165, 1.54) is 11.1 Å². The summed E-state index contributed by atoms with van der Waals surface area (Å²) in [5, 5.41) is 9.26. The summed E-state index contributed by atoms with van der Waals surface area (Å²) in [5.41, 5.74) is 4.07. The van der Waals surface area contributed by atoms with E-state index in [1.54, 1.807) is 6.20 Å². The number of fused-ring (bicyclic) bond motifs is 2. The molecule has 1 atom stereocenters. The van der Waals surface area contributed by atoms with Gasteiger partial charge in [0.1, 0.15) is 11.6 Å². The average Bonchev–Trinajstić information content (AvgIpc) is 3.38. The molecule has 3 aromatic rings. The minimum absolute atomic E-state index is 0.0543. The van der Waals surface area contributed by atoms with Gasteiger partial charge < -0.3 is 19.1 Å². The molecule has 0 bridgehead atoms. The van der Waals surface area contributed by atoms with E-state index in [9.17, 15) is 5.11 Å². The van der Waals surface area contributed by atoms with Gasteiger partial charge in [-0.3, -0.25) is 4.90 Å². The van der Waals surface area contributed by atoms with Crippen molar-refractivity contribution >= 4 is 11.5 Å². The normalized spacial score (nSPS) is 18.3. The molecule has 7 heteroatoms. The van der Waals surface area contributed by atoms with Crippen molar-refractivity contribution in [3.63, 3.8) is 0 Å². The molecule has 0 spiro atoms. The SMILES string of the molecule is C[C@@H](c1ccc2c(c1)OCC2)N1CCN(c2cn3cc(CO)nc3cn2)CC1. The maximum absolute atomic E-state index is 9.26. The van der Waals surface area contributed by atoms with Crippen molar-refractivity contribution in [2.45, 2.75) is 26.0 Å². The average molecular weight is 379 g/mol. The lowest BCUT2D eigenvalue weighted by atomic mass is 10.0. The van der Waals surface area contributed by atoms with Crippen LogP contribution in [0.4, 0.5) is 5.82 Å². The van der Waals surface area contributed by atoms with Crippen LogP contribution in [0.25, 0.3) is 5.65 Å². The maximum atomic E-state index is 9.26. The minimum Gasteiger partial charge on any atom is -0.493 e. The number of nitrogens with zero attached hydrogens (tertiary/aromatic N) is 5. The zero-order valence-electron chi connectivity index (χ0n) is 16.1. The first kappa shape index (κ1) is 17.5. The van der Waals surface area contributed by atoms with Crippen LogP contribution in [0.3, 0.4) is 0 Å². The molecule has 2 aliphatic rings. The summed E-state index contributed by atoms with van der Waals surface area (Å²) in [6, 6.07) is 7.05. The minimum atomic E-state index is -0.0543. The number of aliphatic hydroxyl groups is 1. The van der Waals surface area contributed by atoms with Gasteiger partial charge in [-0.1, -0.05) is 12.1 Å². The number of anilines is 1. The van der Waals surface area contributed by atoms with Crippen LogP contribution in [0.15, 0.2) is 36.8 Å². The van der Waals surface area contributed by atoms with E-state index in [0.29, 0.717) is 11.7 Å². The predicted molar refractivity (Wildman–Crippen MR) is 107 cm³/mol. The molecule has 0 amide bonds. The fourth-order valence-corrected chi connectivity index (χ4v) is 4.17. The second kappa shape index (κ2) is 7.07. The first-order valence-electron chi connectivity index (χ1n) is 9.90. The van der Waals surface area contributed by atoms with E-state index < -0.39 is 0 Å². The highest BCUT2D eigenvalue weighted by molar-refractivity contribution is 5.46. The van der Waals surface area contributed by atoms with E-state index in [2.05, 4.69) is 44.9 Å². The Kier molecular flexibility index (Phi) is 4.41. The van der Waals surface area contributed by atoms with E-state index in [0.717, 1.165) is 56.4 Å². The third-order valence-corrected chi connectivity index (χ3v) is 5.93. The lowest BCUT2D eigenvalue weighted by Crippen LogP contribution is -2.47. The topological polar surface area (TPSA) is 66.1 Å². The molecule has 5 rings (SSSR count). The number of ether oxygens (including phenoxy) is 1. The standard InChI is InChI=1S/C21H25N5O2/c1-15(17-3-2-16-4-9-28-19(16)10-17)24-5-7-25(8-6-24)21-13-26-12-18(14-27)23-20(26)11-22-21/h2-3,10-13,15,27H,4-9,14H2,1H3/t15-/m0/s1. The van der Waals surface area contributed by atoms with E-state index in [-0.39, 0.29) is 6.61 Å². The van der Waals surface area contributed by atoms with Crippen molar-refractivity contribution in [2.24, 2.45) is 0 Å². The van der Waals surface area contributed by atoms with Gasteiger partial charge in [0, 0.05) is 44.8 Å². The Morgan fingerprint density at radius 3 is 2.86 bits per heavy atom. The van der Waals surface area contributed by atoms with Crippen LogP contribution in [0.1, 0.15) is 29.8 Å². The second-order valence-electron chi connectivity index (χ2n) is 7.57. The molecule has 1 aromatic carbocycles. The molecule has 1 fully saturated rings. The molecule has 2 aromatic heterocycles. The van der Waals surface area contributed by atoms with Crippen LogP contribution in [-0.4, -0.2) is 57.2 Å². The van der Waals surface area contributed by atoms with Gasteiger partial charge in [-0.25, -0.2) is 9.97 Å². The molecule has 0 radical (unpaired) electrons. The van der Waals surface area contributed by atoms with Crippen LogP contribution in [0.2, 0.25) is 0 Å². The number of rotatable bonds is 4. The fraction of sp³-hybridized carbons (Fsp3) is 0.429. The Bertz CT molecular complexity index is 994. The van der Waals surface area contributed by atoms with Crippen molar-refractivity contribution in [1.29, 1.82) is 0 Å². The summed E-state index contributed by atoms with van der Waals surface area (Å²) < 4.78 is 7.68. The van der Waals surface area contributed by atoms with Gasteiger partial charge in [-0.2, -0.15) is 0 Å². The lowest BCUT2D eigenvalue weighted by Gasteiger charge is -2.38. The van der Waals surface area contributed by atoms with Crippen LogP contribution in [0.5, 0.6) is 5.75 Å². The van der Waals surface area contributed by atoms with E-state index in [1.807, 2.05) is 16.8 Å². The van der Waals surface area contributed by atoms with Gasteiger partial charge in [0.05, 0.1) is 31.3 Å². The van der Waals surface area contributed by atoms with Crippen molar-refractivity contribution < 1.29 is 9.84 Å². The first-order chi connectivity index (χ1) is 13.7. The maximum Gasteiger partial charge on any atom is 0.155 e. The van der Waals surface area contributed by atoms with Gasteiger partial charge in [-0.15, -0.1) is 0 Å². The summed E-state index contributed by atoms with van der Waals surface area (Å²) in [4.78, 5) is 13.7. The first-order valence-corrected chi connectivity index (χ1v) is 9.90. The smallest absolute Gasteiger partial charge is 0.155 e. The molecular formula is C21H25N5O2. The molecular weight excluding hydrogens is 354 g/mol. The van der Waals surface area contributed by atoms with Gasteiger partial charge in [0.25, 0.3) is 0 Å². The van der Waals surface area contributed by atoms with Crippen molar-refractivity contribution in [2.75, 3.05) is 37.7 Å². The zero-order chi connectivity index (χ0) is 19.1. The number of imidazole rings is 1.